The van der Waals surface area contributed by atoms with Gasteiger partial charge >= 0.3 is 0 Å². The summed E-state index contributed by atoms with van der Waals surface area (Å²) in [5.74, 6) is 0.563. The van der Waals surface area contributed by atoms with Gasteiger partial charge in [-0.25, -0.2) is 4.68 Å². The Morgan fingerprint density at radius 1 is 1.00 bits per heavy atom. The lowest BCUT2D eigenvalue weighted by Gasteiger charge is -2.06. The highest BCUT2D eigenvalue weighted by Gasteiger charge is 2.02. The van der Waals surface area contributed by atoms with Crippen molar-refractivity contribution in [3.63, 3.8) is 0 Å². The van der Waals surface area contributed by atoms with Crippen molar-refractivity contribution >= 4 is 17.3 Å². The van der Waals surface area contributed by atoms with Gasteiger partial charge in [0.15, 0.2) is 6.73 Å². The highest BCUT2D eigenvalue weighted by molar-refractivity contribution is 6.30. The molecule has 0 amide bonds. The molecule has 0 saturated carbocycles. The van der Waals surface area contributed by atoms with E-state index in [1.807, 2.05) is 66.9 Å². The second-order valence-electron chi connectivity index (χ2n) is 4.41. The number of nitrogens with zero attached hydrogens (tertiary/aromatic N) is 2. The van der Waals surface area contributed by atoms with Crippen LogP contribution in [0.2, 0.25) is 5.02 Å². The fraction of sp³-hybridized carbons (Fsp3) is 0.0625. The van der Waals surface area contributed by atoms with Crippen LogP contribution in [0.5, 0.6) is 5.88 Å². The standard InChI is InChI=1S/C16H14ClN3O/c17-13-6-8-15(9-7-13)20-11-10-16(19-20)21-12-18-14-4-2-1-3-5-14/h1-11,18H,12H2. The molecule has 0 radical (unpaired) electrons. The van der Waals surface area contributed by atoms with Crippen molar-refractivity contribution in [3.05, 3.63) is 71.9 Å². The maximum absolute atomic E-state index is 5.87. The molecule has 2 aromatic carbocycles. The summed E-state index contributed by atoms with van der Waals surface area (Å²) in [6.45, 7) is 0.363. The van der Waals surface area contributed by atoms with Crippen molar-refractivity contribution in [2.75, 3.05) is 12.0 Å². The summed E-state index contributed by atoms with van der Waals surface area (Å²) in [5, 5.41) is 8.22. The first-order valence-corrected chi connectivity index (χ1v) is 6.92. The largest absolute Gasteiger partial charge is 0.455 e. The molecule has 21 heavy (non-hydrogen) atoms. The maximum Gasteiger partial charge on any atom is 0.234 e. The molecule has 0 spiro atoms. The van der Waals surface area contributed by atoms with Crippen molar-refractivity contribution in [1.82, 2.24) is 9.78 Å². The van der Waals surface area contributed by atoms with Crippen LogP contribution in [0.25, 0.3) is 5.69 Å². The SMILES string of the molecule is Clc1ccc(-n2ccc(OCNc3ccccc3)n2)cc1. The summed E-state index contributed by atoms with van der Waals surface area (Å²) in [6.07, 6.45) is 1.85. The smallest absolute Gasteiger partial charge is 0.234 e. The van der Waals surface area contributed by atoms with Crippen LogP contribution < -0.4 is 10.1 Å². The van der Waals surface area contributed by atoms with E-state index < -0.39 is 0 Å². The predicted octanol–water partition coefficient (Wildman–Crippen LogP) is 3.97. The average molecular weight is 300 g/mol. The molecular weight excluding hydrogens is 286 g/mol. The van der Waals surface area contributed by atoms with Crippen molar-refractivity contribution in [3.8, 4) is 11.6 Å². The number of hydrogen-bond donors (Lipinski definition) is 1. The van der Waals surface area contributed by atoms with Crippen LogP contribution in [0.4, 0.5) is 5.69 Å². The molecule has 1 aromatic heterocycles. The number of benzene rings is 2. The lowest BCUT2D eigenvalue weighted by Crippen LogP contribution is -2.09. The van der Waals surface area contributed by atoms with Gasteiger partial charge in [-0.1, -0.05) is 29.8 Å². The summed E-state index contributed by atoms with van der Waals surface area (Å²) >= 11 is 5.87. The number of rotatable bonds is 5. The Bertz CT molecular complexity index is 695. The Morgan fingerprint density at radius 3 is 2.52 bits per heavy atom. The van der Waals surface area contributed by atoms with Crippen molar-refractivity contribution in [2.45, 2.75) is 0 Å². The van der Waals surface area contributed by atoms with Gasteiger partial charge < -0.3 is 10.1 Å². The van der Waals surface area contributed by atoms with Gasteiger partial charge in [0.05, 0.1) is 5.69 Å². The minimum atomic E-state index is 0.363. The Morgan fingerprint density at radius 2 is 1.76 bits per heavy atom. The number of halogens is 1. The highest BCUT2D eigenvalue weighted by Crippen LogP contribution is 2.15. The normalized spacial score (nSPS) is 10.3. The van der Waals surface area contributed by atoms with E-state index in [9.17, 15) is 0 Å². The van der Waals surface area contributed by atoms with Crippen molar-refractivity contribution in [2.24, 2.45) is 0 Å². The van der Waals surface area contributed by atoms with Crippen molar-refractivity contribution < 1.29 is 4.74 Å². The van der Waals surface area contributed by atoms with E-state index in [1.54, 1.807) is 4.68 Å². The zero-order chi connectivity index (χ0) is 14.5. The zero-order valence-electron chi connectivity index (χ0n) is 11.2. The van der Waals surface area contributed by atoms with Crippen LogP contribution in [0, 0.1) is 0 Å². The molecule has 5 heteroatoms. The lowest BCUT2D eigenvalue weighted by atomic mass is 10.3. The number of para-hydroxylation sites is 1. The fourth-order valence-electron chi connectivity index (χ4n) is 1.87. The molecule has 3 rings (SSSR count). The molecule has 106 valence electrons. The minimum Gasteiger partial charge on any atom is -0.455 e. The first-order valence-electron chi connectivity index (χ1n) is 6.54. The third-order valence-corrected chi connectivity index (χ3v) is 3.18. The average Bonchev–Trinajstić information content (AvgIpc) is 2.98. The molecule has 0 aliphatic heterocycles. The number of ether oxygens (including phenoxy) is 1. The second-order valence-corrected chi connectivity index (χ2v) is 4.84. The Kier molecular flexibility index (Phi) is 4.07. The van der Waals surface area contributed by atoms with Crippen LogP contribution in [0.3, 0.4) is 0 Å². The van der Waals surface area contributed by atoms with Gasteiger partial charge in [0.2, 0.25) is 5.88 Å². The molecule has 0 aliphatic rings. The summed E-state index contributed by atoms with van der Waals surface area (Å²) in [4.78, 5) is 0. The third kappa shape index (κ3) is 3.55. The van der Waals surface area contributed by atoms with Gasteiger partial charge in [0.25, 0.3) is 0 Å². The molecule has 0 fully saturated rings. The molecule has 4 nitrogen and oxygen atoms in total. The molecular formula is C16H14ClN3O. The van der Waals surface area contributed by atoms with Gasteiger partial charge in [0, 0.05) is 23.0 Å². The van der Waals surface area contributed by atoms with Gasteiger partial charge in [-0.2, -0.15) is 0 Å². The molecule has 1 heterocycles. The first kappa shape index (κ1) is 13.5. The van der Waals surface area contributed by atoms with Crippen LogP contribution in [-0.2, 0) is 0 Å². The maximum atomic E-state index is 5.87. The van der Waals surface area contributed by atoms with Crippen LogP contribution in [0.15, 0.2) is 66.9 Å². The first-order chi connectivity index (χ1) is 10.3. The van der Waals surface area contributed by atoms with Gasteiger partial charge in [-0.05, 0) is 36.4 Å². The summed E-state index contributed by atoms with van der Waals surface area (Å²) in [6, 6.07) is 19.2. The topological polar surface area (TPSA) is 39.1 Å². The second kappa shape index (κ2) is 6.33. The number of nitrogens with one attached hydrogen (secondary N) is 1. The zero-order valence-corrected chi connectivity index (χ0v) is 12.0. The van der Waals surface area contributed by atoms with E-state index in [2.05, 4.69) is 10.4 Å². The molecule has 3 aromatic rings. The minimum absolute atomic E-state index is 0.363. The summed E-state index contributed by atoms with van der Waals surface area (Å²) in [5.41, 5.74) is 1.94. The van der Waals surface area contributed by atoms with Crippen LogP contribution in [-0.4, -0.2) is 16.5 Å². The van der Waals surface area contributed by atoms with E-state index in [4.69, 9.17) is 16.3 Å². The van der Waals surface area contributed by atoms with E-state index in [1.165, 1.54) is 0 Å². The Labute approximate surface area is 127 Å². The van der Waals surface area contributed by atoms with Crippen LogP contribution >= 0.6 is 11.6 Å². The molecule has 0 bridgehead atoms. The van der Waals surface area contributed by atoms with E-state index in [0.717, 1.165) is 11.4 Å². The fourth-order valence-corrected chi connectivity index (χ4v) is 2.00. The number of anilines is 1. The lowest BCUT2D eigenvalue weighted by molar-refractivity contribution is 0.331. The predicted molar refractivity (Wildman–Crippen MR) is 84.1 cm³/mol. The van der Waals surface area contributed by atoms with Crippen LogP contribution in [0.1, 0.15) is 0 Å². The van der Waals surface area contributed by atoms with Crippen molar-refractivity contribution in [1.29, 1.82) is 0 Å². The van der Waals surface area contributed by atoms with Gasteiger partial charge in [-0.3, -0.25) is 0 Å². The third-order valence-electron chi connectivity index (χ3n) is 2.93. The Hall–Kier alpha value is -2.46. The highest BCUT2D eigenvalue weighted by atomic mass is 35.5. The molecule has 0 atom stereocenters. The van der Waals surface area contributed by atoms with E-state index in [-0.39, 0.29) is 0 Å². The van der Waals surface area contributed by atoms with Gasteiger partial charge in [-0.15, -0.1) is 5.10 Å². The molecule has 0 aliphatic carbocycles. The Balaban J connectivity index is 1.59. The molecule has 1 N–H and O–H groups in total. The van der Waals surface area contributed by atoms with E-state index >= 15 is 0 Å². The number of aromatic nitrogens is 2. The molecule has 0 unspecified atom stereocenters. The number of hydrogen-bond acceptors (Lipinski definition) is 3. The quantitative estimate of drug-likeness (QED) is 0.724. The summed E-state index contributed by atoms with van der Waals surface area (Å²) < 4.78 is 7.31. The molecule has 0 saturated heterocycles. The monoisotopic (exact) mass is 299 g/mol. The van der Waals surface area contributed by atoms with E-state index in [0.29, 0.717) is 17.6 Å². The summed E-state index contributed by atoms with van der Waals surface area (Å²) in [7, 11) is 0. The van der Waals surface area contributed by atoms with Gasteiger partial charge in [0.1, 0.15) is 0 Å².